The maximum absolute atomic E-state index is 13.6. The fourth-order valence-corrected chi connectivity index (χ4v) is 2.27. The second kappa shape index (κ2) is 7.17. The van der Waals surface area contributed by atoms with E-state index in [1.54, 1.807) is 0 Å². The van der Waals surface area contributed by atoms with Gasteiger partial charge in [0.15, 0.2) is 0 Å². The molecule has 1 atom stereocenters. The molecule has 7 nitrogen and oxygen atoms in total. The SMILES string of the molecule is COC(=O)c1cc(SCC(O)CO)c([N+](=O)[O-])cc1F. The maximum atomic E-state index is 13.6. The summed E-state index contributed by atoms with van der Waals surface area (Å²) in [7, 11) is 1.06. The second-order valence-corrected chi connectivity index (χ2v) is 4.76. The normalized spacial score (nSPS) is 12.0. The van der Waals surface area contributed by atoms with E-state index < -0.39 is 40.7 Å². The number of nitro benzene ring substituents is 1. The number of rotatable bonds is 6. The molecule has 0 aliphatic heterocycles. The molecular weight excluding hydrogens is 293 g/mol. The van der Waals surface area contributed by atoms with E-state index in [0.29, 0.717) is 6.07 Å². The molecule has 0 aliphatic carbocycles. The molecule has 0 saturated carbocycles. The molecule has 20 heavy (non-hydrogen) atoms. The quantitative estimate of drug-likeness (QED) is 0.348. The molecule has 1 unspecified atom stereocenters. The first-order valence-corrected chi connectivity index (χ1v) is 6.37. The van der Waals surface area contributed by atoms with Gasteiger partial charge >= 0.3 is 5.97 Å². The van der Waals surface area contributed by atoms with Crippen molar-refractivity contribution in [1.29, 1.82) is 0 Å². The van der Waals surface area contributed by atoms with Crippen molar-refractivity contribution in [3.05, 3.63) is 33.6 Å². The number of methoxy groups -OCH3 is 1. The van der Waals surface area contributed by atoms with Gasteiger partial charge < -0.3 is 14.9 Å². The topological polar surface area (TPSA) is 110 Å². The van der Waals surface area contributed by atoms with Crippen molar-refractivity contribution in [3.63, 3.8) is 0 Å². The number of ether oxygens (including phenoxy) is 1. The summed E-state index contributed by atoms with van der Waals surface area (Å²) in [6, 6.07) is 1.62. The lowest BCUT2D eigenvalue weighted by Gasteiger charge is -2.09. The van der Waals surface area contributed by atoms with Crippen molar-refractivity contribution < 1.29 is 29.1 Å². The minimum absolute atomic E-state index is 0.00398. The number of benzene rings is 1. The van der Waals surface area contributed by atoms with Crippen LogP contribution in [0.25, 0.3) is 0 Å². The largest absolute Gasteiger partial charge is 0.465 e. The predicted molar refractivity (Wildman–Crippen MR) is 68.2 cm³/mol. The van der Waals surface area contributed by atoms with Gasteiger partial charge in [-0.05, 0) is 6.07 Å². The van der Waals surface area contributed by atoms with E-state index in [0.717, 1.165) is 24.9 Å². The van der Waals surface area contributed by atoms with Crippen molar-refractivity contribution in [2.75, 3.05) is 19.5 Å². The molecule has 1 aromatic rings. The third kappa shape index (κ3) is 3.89. The summed E-state index contributed by atoms with van der Waals surface area (Å²) in [6.45, 7) is -0.508. The Morgan fingerprint density at radius 1 is 1.60 bits per heavy atom. The van der Waals surface area contributed by atoms with Gasteiger partial charge in [0, 0.05) is 5.75 Å². The van der Waals surface area contributed by atoms with Crippen molar-refractivity contribution in [3.8, 4) is 0 Å². The van der Waals surface area contributed by atoms with E-state index >= 15 is 0 Å². The molecule has 110 valence electrons. The molecule has 0 spiro atoms. The average Bonchev–Trinajstić information content (AvgIpc) is 2.44. The molecule has 0 fully saturated rings. The lowest BCUT2D eigenvalue weighted by Crippen LogP contribution is -2.15. The van der Waals surface area contributed by atoms with Crippen LogP contribution in [0.5, 0.6) is 0 Å². The third-order valence-electron chi connectivity index (χ3n) is 2.29. The number of esters is 1. The van der Waals surface area contributed by atoms with Crippen molar-refractivity contribution >= 4 is 23.4 Å². The number of hydrogen-bond acceptors (Lipinski definition) is 7. The van der Waals surface area contributed by atoms with Crippen LogP contribution in [0.2, 0.25) is 0 Å². The highest BCUT2D eigenvalue weighted by atomic mass is 32.2. The van der Waals surface area contributed by atoms with E-state index in [1.807, 2.05) is 0 Å². The Balaban J connectivity index is 3.16. The van der Waals surface area contributed by atoms with E-state index in [1.165, 1.54) is 0 Å². The fraction of sp³-hybridized carbons (Fsp3) is 0.364. The zero-order valence-electron chi connectivity index (χ0n) is 10.4. The number of thioether (sulfide) groups is 1. The summed E-state index contributed by atoms with van der Waals surface area (Å²) in [5.41, 5.74) is -0.954. The van der Waals surface area contributed by atoms with Crippen LogP contribution in [-0.2, 0) is 4.74 Å². The fourth-order valence-electron chi connectivity index (χ4n) is 1.31. The Bertz CT molecular complexity index is 524. The molecule has 1 aromatic carbocycles. The zero-order valence-corrected chi connectivity index (χ0v) is 11.2. The van der Waals surface area contributed by atoms with E-state index in [4.69, 9.17) is 5.11 Å². The van der Waals surface area contributed by atoms with Crippen LogP contribution in [0.1, 0.15) is 10.4 Å². The Labute approximate surface area is 117 Å². The summed E-state index contributed by atoms with van der Waals surface area (Å²) in [5, 5.41) is 28.7. The van der Waals surface area contributed by atoms with Gasteiger partial charge in [0.1, 0.15) is 5.82 Å². The number of hydrogen-bond donors (Lipinski definition) is 2. The van der Waals surface area contributed by atoms with Gasteiger partial charge in [0.05, 0.1) is 41.3 Å². The monoisotopic (exact) mass is 305 g/mol. The third-order valence-corrected chi connectivity index (χ3v) is 3.48. The van der Waals surface area contributed by atoms with Gasteiger partial charge in [-0.2, -0.15) is 0 Å². The molecule has 0 aliphatic rings. The molecule has 0 heterocycles. The number of nitro groups is 1. The van der Waals surface area contributed by atoms with Crippen LogP contribution in [-0.4, -0.2) is 46.7 Å². The minimum atomic E-state index is -1.08. The molecule has 0 radical (unpaired) electrons. The number of aliphatic hydroxyl groups is 2. The highest BCUT2D eigenvalue weighted by molar-refractivity contribution is 7.99. The van der Waals surface area contributed by atoms with Crippen LogP contribution in [0, 0.1) is 15.9 Å². The van der Waals surface area contributed by atoms with Gasteiger partial charge in [0.25, 0.3) is 5.69 Å². The number of halogens is 1. The summed E-state index contributed by atoms with van der Waals surface area (Å²) in [4.78, 5) is 21.4. The maximum Gasteiger partial charge on any atom is 0.340 e. The van der Waals surface area contributed by atoms with Crippen LogP contribution in [0.3, 0.4) is 0 Å². The molecule has 0 amide bonds. The molecule has 2 N–H and O–H groups in total. The van der Waals surface area contributed by atoms with Gasteiger partial charge in [-0.25, -0.2) is 9.18 Å². The molecular formula is C11H12FNO6S. The van der Waals surface area contributed by atoms with Crippen molar-refractivity contribution in [1.82, 2.24) is 0 Å². The Hall–Kier alpha value is -1.71. The highest BCUT2D eigenvalue weighted by Gasteiger charge is 2.23. The first-order valence-electron chi connectivity index (χ1n) is 5.38. The first-order chi connectivity index (χ1) is 9.40. The average molecular weight is 305 g/mol. The highest BCUT2D eigenvalue weighted by Crippen LogP contribution is 2.32. The van der Waals surface area contributed by atoms with Crippen LogP contribution in [0.15, 0.2) is 17.0 Å². The minimum Gasteiger partial charge on any atom is -0.465 e. The number of nitrogens with zero attached hydrogens (tertiary/aromatic N) is 1. The lowest BCUT2D eigenvalue weighted by atomic mass is 10.2. The van der Waals surface area contributed by atoms with Crippen molar-refractivity contribution in [2.45, 2.75) is 11.0 Å². The van der Waals surface area contributed by atoms with E-state index in [9.17, 15) is 24.4 Å². The van der Waals surface area contributed by atoms with Gasteiger partial charge in [-0.15, -0.1) is 11.8 Å². The van der Waals surface area contributed by atoms with Gasteiger partial charge in [-0.1, -0.05) is 0 Å². The van der Waals surface area contributed by atoms with Crippen LogP contribution in [0.4, 0.5) is 10.1 Å². The first kappa shape index (κ1) is 16.3. The van der Waals surface area contributed by atoms with E-state index in [2.05, 4.69) is 4.74 Å². The standard InChI is InChI=1S/C11H12FNO6S/c1-19-11(16)7-2-10(20-5-6(15)4-14)9(13(17)18)3-8(7)12/h2-3,6,14-15H,4-5H2,1H3. The summed E-state index contributed by atoms with van der Waals surface area (Å²) >= 11 is 0.833. The van der Waals surface area contributed by atoms with Crippen molar-refractivity contribution in [2.24, 2.45) is 0 Å². The van der Waals surface area contributed by atoms with Crippen LogP contribution >= 0.6 is 11.8 Å². The van der Waals surface area contributed by atoms with Gasteiger partial charge in [0.2, 0.25) is 0 Å². The lowest BCUT2D eigenvalue weighted by molar-refractivity contribution is -0.387. The summed E-state index contributed by atoms with van der Waals surface area (Å²) < 4.78 is 18.0. The van der Waals surface area contributed by atoms with E-state index in [-0.39, 0.29) is 10.6 Å². The Morgan fingerprint density at radius 3 is 2.75 bits per heavy atom. The van der Waals surface area contributed by atoms with Crippen LogP contribution < -0.4 is 0 Å². The Morgan fingerprint density at radius 2 is 2.25 bits per heavy atom. The second-order valence-electron chi connectivity index (χ2n) is 3.70. The number of carbonyl (C=O) groups is 1. The molecule has 1 rings (SSSR count). The summed E-state index contributed by atoms with van der Waals surface area (Å²) in [5.74, 6) is -2.05. The smallest absolute Gasteiger partial charge is 0.340 e. The molecule has 9 heteroatoms. The zero-order chi connectivity index (χ0) is 15.3. The molecule has 0 aromatic heterocycles. The van der Waals surface area contributed by atoms with Gasteiger partial charge in [-0.3, -0.25) is 10.1 Å². The number of carbonyl (C=O) groups excluding carboxylic acids is 1. The summed E-state index contributed by atoms with van der Waals surface area (Å²) in [6.07, 6.45) is -1.08. The Kier molecular flexibility index (Phi) is 5.86. The molecule has 0 saturated heterocycles. The predicted octanol–water partition coefficient (Wildman–Crippen LogP) is 0.966. The molecule has 0 bridgehead atoms. The number of aliphatic hydroxyl groups excluding tert-OH is 2.